The molecule has 0 radical (unpaired) electrons. The number of hydrogen-bond acceptors (Lipinski definition) is 4. The van der Waals surface area contributed by atoms with Crippen molar-refractivity contribution < 1.29 is 24.2 Å². The lowest BCUT2D eigenvalue weighted by molar-refractivity contribution is -0.144. The Bertz CT molecular complexity index is 581. The van der Waals surface area contributed by atoms with Crippen molar-refractivity contribution in [1.82, 2.24) is 5.32 Å². The van der Waals surface area contributed by atoms with Gasteiger partial charge in [-0.05, 0) is 30.9 Å². The van der Waals surface area contributed by atoms with E-state index in [-0.39, 0.29) is 18.4 Å². The van der Waals surface area contributed by atoms with Crippen LogP contribution in [0, 0.1) is 11.8 Å². The third-order valence-electron chi connectivity index (χ3n) is 4.12. The van der Waals surface area contributed by atoms with Crippen molar-refractivity contribution in [3.05, 3.63) is 42.5 Å². The fourth-order valence-corrected chi connectivity index (χ4v) is 2.80. The monoisotopic (exact) mass is 333 g/mol. The topological polar surface area (TPSA) is 84.9 Å². The minimum atomic E-state index is -0.890. The molecule has 2 N–H and O–H groups in total. The Morgan fingerprint density at radius 1 is 1.38 bits per heavy atom. The molecule has 0 saturated carbocycles. The summed E-state index contributed by atoms with van der Waals surface area (Å²) >= 11 is 0. The number of para-hydroxylation sites is 1. The van der Waals surface area contributed by atoms with E-state index in [4.69, 9.17) is 9.47 Å². The van der Waals surface area contributed by atoms with E-state index in [0.29, 0.717) is 44.0 Å². The van der Waals surface area contributed by atoms with Gasteiger partial charge in [-0.1, -0.05) is 24.8 Å². The molecule has 130 valence electrons. The van der Waals surface area contributed by atoms with Crippen molar-refractivity contribution in [2.45, 2.75) is 12.8 Å². The number of nitrogens with one attached hydrogen (secondary N) is 1. The summed E-state index contributed by atoms with van der Waals surface area (Å²) < 4.78 is 10.7. The quantitative estimate of drug-likeness (QED) is 0.712. The van der Waals surface area contributed by atoms with Crippen molar-refractivity contribution in [1.29, 1.82) is 0 Å². The average Bonchev–Trinajstić information content (AvgIpc) is 2.61. The zero-order valence-electron chi connectivity index (χ0n) is 13.6. The van der Waals surface area contributed by atoms with Gasteiger partial charge in [0.2, 0.25) is 0 Å². The number of hydrogen-bond donors (Lipinski definition) is 2. The Balaban J connectivity index is 2.00. The summed E-state index contributed by atoms with van der Waals surface area (Å²) in [6.07, 6.45) is 3.00. The normalized spacial score (nSPS) is 16.2. The van der Waals surface area contributed by atoms with Crippen LogP contribution < -0.4 is 10.1 Å². The number of amides is 1. The zero-order chi connectivity index (χ0) is 17.4. The number of ether oxygens (including phenoxy) is 2. The Hall–Kier alpha value is -2.34. The minimum absolute atomic E-state index is 0.0174. The summed E-state index contributed by atoms with van der Waals surface area (Å²) in [7, 11) is 0. The molecule has 1 atom stereocenters. The molecule has 24 heavy (non-hydrogen) atoms. The highest BCUT2D eigenvalue weighted by Gasteiger charge is 2.30. The van der Waals surface area contributed by atoms with Gasteiger partial charge in [-0.2, -0.15) is 0 Å². The highest BCUT2D eigenvalue weighted by atomic mass is 16.5. The molecule has 1 fully saturated rings. The first-order valence-corrected chi connectivity index (χ1v) is 8.05. The molecule has 0 spiro atoms. The third-order valence-corrected chi connectivity index (χ3v) is 4.12. The lowest BCUT2D eigenvalue weighted by Crippen LogP contribution is -2.39. The van der Waals surface area contributed by atoms with Crippen LogP contribution in [-0.2, 0) is 9.53 Å². The van der Waals surface area contributed by atoms with Crippen LogP contribution in [0.2, 0.25) is 0 Å². The molecule has 0 bridgehead atoms. The number of benzene rings is 1. The Morgan fingerprint density at radius 2 is 2.08 bits per heavy atom. The van der Waals surface area contributed by atoms with Gasteiger partial charge in [0.15, 0.2) is 0 Å². The van der Waals surface area contributed by atoms with E-state index in [2.05, 4.69) is 11.9 Å². The minimum Gasteiger partial charge on any atom is -0.489 e. The molecule has 6 nitrogen and oxygen atoms in total. The van der Waals surface area contributed by atoms with E-state index < -0.39 is 11.9 Å². The molecule has 0 aliphatic carbocycles. The molecule has 1 heterocycles. The largest absolute Gasteiger partial charge is 0.489 e. The summed E-state index contributed by atoms with van der Waals surface area (Å²) in [5, 5.41) is 12.2. The number of rotatable bonds is 8. The van der Waals surface area contributed by atoms with Gasteiger partial charge in [-0.3, -0.25) is 9.59 Å². The van der Waals surface area contributed by atoms with E-state index in [9.17, 15) is 14.7 Å². The molecule has 1 amide bonds. The van der Waals surface area contributed by atoms with E-state index in [1.54, 1.807) is 30.3 Å². The van der Waals surface area contributed by atoms with Crippen LogP contribution in [0.1, 0.15) is 23.2 Å². The first-order valence-electron chi connectivity index (χ1n) is 8.05. The second kappa shape index (κ2) is 9.08. The zero-order valence-corrected chi connectivity index (χ0v) is 13.6. The number of carbonyl (C=O) groups is 2. The summed E-state index contributed by atoms with van der Waals surface area (Å²) in [6, 6.07) is 6.86. The van der Waals surface area contributed by atoms with Crippen molar-refractivity contribution in [2.75, 3.05) is 26.4 Å². The van der Waals surface area contributed by atoms with E-state index in [0.717, 1.165) is 0 Å². The van der Waals surface area contributed by atoms with Gasteiger partial charge in [-0.25, -0.2) is 0 Å². The first kappa shape index (κ1) is 18.0. The maximum absolute atomic E-state index is 12.4. The third kappa shape index (κ3) is 4.83. The maximum atomic E-state index is 12.4. The lowest BCUT2D eigenvalue weighted by atomic mass is 9.86. The van der Waals surface area contributed by atoms with E-state index >= 15 is 0 Å². The van der Waals surface area contributed by atoms with Crippen LogP contribution in [0.5, 0.6) is 5.75 Å². The van der Waals surface area contributed by atoms with Crippen molar-refractivity contribution in [3.8, 4) is 5.75 Å². The van der Waals surface area contributed by atoms with Crippen LogP contribution in [0.3, 0.4) is 0 Å². The van der Waals surface area contributed by atoms with Crippen LogP contribution in [0.25, 0.3) is 0 Å². The summed E-state index contributed by atoms with van der Waals surface area (Å²) in [5.41, 5.74) is 0.385. The van der Waals surface area contributed by atoms with Crippen LogP contribution in [-0.4, -0.2) is 43.3 Å². The molecule has 1 aliphatic rings. The van der Waals surface area contributed by atoms with Crippen LogP contribution in [0.4, 0.5) is 0 Å². The van der Waals surface area contributed by atoms with Gasteiger partial charge in [0.05, 0.1) is 11.5 Å². The molecule has 1 aromatic carbocycles. The molecular formula is C18H23NO5. The smallest absolute Gasteiger partial charge is 0.308 e. The summed E-state index contributed by atoms with van der Waals surface area (Å²) in [5.74, 6) is -1.37. The molecule has 1 unspecified atom stereocenters. The number of carbonyl (C=O) groups excluding carboxylic acids is 1. The van der Waals surface area contributed by atoms with Crippen molar-refractivity contribution >= 4 is 11.9 Å². The van der Waals surface area contributed by atoms with Gasteiger partial charge >= 0.3 is 5.97 Å². The maximum Gasteiger partial charge on any atom is 0.308 e. The predicted octanol–water partition coefficient (Wildman–Crippen LogP) is 2.11. The Labute approximate surface area is 141 Å². The van der Waals surface area contributed by atoms with Gasteiger partial charge in [0, 0.05) is 19.8 Å². The van der Waals surface area contributed by atoms with E-state index in [1.807, 2.05) is 0 Å². The van der Waals surface area contributed by atoms with E-state index in [1.165, 1.54) is 0 Å². The lowest BCUT2D eigenvalue weighted by Gasteiger charge is -2.27. The highest BCUT2D eigenvalue weighted by Crippen LogP contribution is 2.24. The SMILES string of the molecule is C=CCOc1ccccc1C(=O)NCC(C(=O)O)C1CCOCC1. The standard InChI is InChI=1S/C18H23NO5/c1-2-9-24-16-6-4-3-5-14(16)17(20)19-12-15(18(21)22)13-7-10-23-11-8-13/h2-6,13,15H,1,7-12H2,(H,19,20)(H,21,22). The fourth-order valence-electron chi connectivity index (χ4n) is 2.80. The van der Waals surface area contributed by atoms with Crippen molar-refractivity contribution in [2.24, 2.45) is 11.8 Å². The van der Waals surface area contributed by atoms with Gasteiger partial charge in [-0.15, -0.1) is 0 Å². The first-order chi connectivity index (χ1) is 11.6. The number of carboxylic acid groups (broad SMARTS) is 1. The molecule has 2 rings (SSSR count). The molecule has 1 aromatic rings. The fraction of sp³-hybridized carbons (Fsp3) is 0.444. The predicted molar refractivity (Wildman–Crippen MR) is 89.1 cm³/mol. The molecule has 1 aliphatic heterocycles. The Morgan fingerprint density at radius 3 is 2.75 bits per heavy atom. The molecular weight excluding hydrogens is 310 g/mol. The van der Waals surface area contributed by atoms with Crippen LogP contribution in [0.15, 0.2) is 36.9 Å². The average molecular weight is 333 g/mol. The molecule has 1 saturated heterocycles. The summed E-state index contributed by atoms with van der Waals surface area (Å²) in [4.78, 5) is 23.9. The summed E-state index contributed by atoms with van der Waals surface area (Å²) in [6.45, 7) is 5.11. The van der Waals surface area contributed by atoms with Crippen LogP contribution >= 0.6 is 0 Å². The molecule has 6 heteroatoms. The number of aliphatic carboxylic acids is 1. The highest BCUT2D eigenvalue weighted by molar-refractivity contribution is 5.97. The van der Waals surface area contributed by atoms with Gasteiger partial charge < -0.3 is 19.9 Å². The number of carboxylic acids is 1. The van der Waals surface area contributed by atoms with Gasteiger partial charge in [0.25, 0.3) is 5.91 Å². The molecule has 0 aromatic heterocycles. The van der Waals surface area contributed by atoms with Crippen molar-refractivity contribution in [3.63, 3.8) is 0 Å². The Kier molecular flexibility index (Phi) is 6.81. The second-order valence-electron chi connectivity index (χ2n) is 5.70. The van der Waals surface area contributed by atoms with Gasteiger partial charge in [0.1, 0.15) is 12.4 Å². The second-order valence-corrected chi connectivity index (χ2v) is 5.70.